The van der Waals surface area contributed by atoms with Crippen molar-refractivity contribution in [1.82, 2.24) is 0 Å². The van der Waals surface area contributed by atoms with E-state index in [1.54, 1.807) is 0 Å². The van der Waals surface area contributed by atoms with Gasteiger partial charge in [-0.2, -0.15) is 0 Å². The Morgan fingerprint density at radius 3 is 2.43 bits per heavy atom. The van der Waals surface area contributed by atoms with Crippen LogP contribution in [0.2, 0.25) is 0 Å². The minimum absolute atomic E-state index is 0.846. The Balaban J connectivity index is 1.92. The van der Waals surface area contributed by atoms with Gasteiger partial charge >= 0.3 is 0 Å². The lowest BCUT2D eigenvalue weighted by molar-refractivity contribution is 1.11. The molecule has 1 N–H and O–H groups in total. The van der Waals surface area contributed by atoms with Crippen LogP contribution in [0.1, 0.15) is 16.7 Å². The minimum atomic E-state index is 0.846. The van der Waals surface area contributed by atoms with Crippen molar-refractivity contribution in [1.29, 1.82) is 0 Å². The first-order valence-electron chi connectivity index (χ1n) is 7.13. The van der Waals surface area contributed by atoms with Gasteiger partial charge in [0.05, 0.1) is 0 Å². The van der Waals surface area contributed by atoms with Crippen LogP contribution in [-0.4, -0.2) is 0 Å². The van der Waals surface area contributed by atoms with Gasteiger partial charge in [-0.25, -0.2) is 0 Å². The number of hydrogen-bond acceptors (Lipinski definition) is 1. The van der Waals surface area contributed by atoms with Crippen molar-refractivity contribution in [2.75, 3.05) is 5.32 Å². The summed E-state index contributed by atoms with van der Waals surface area (Å²) in [5.74, 6) is 0. The number of nitrogens with one attached hydrogen (secondary N) is 1. The molecule has 3 rings (SSSR count). The SMILES string of the molecule is Cc1cccc(CNc2ccc(Br)c3ccccc23)c1C. The van der Waals surface area contributed by atoms with Crippen molar-refractivity contribution >= 4 is 32.4 Å². The molecule has 0 aliphatic heterocycles. The molecule has 0 aromatic heterocycles. The highest BCUT2D eigenvalue weighted by Crippen LogP contribution is 2.30. The van der Waals surface area contributed by atoms with E-state index in [0.29, 0.717) is 0 Å². The van der Waals surface area contributed by atoms with Crippen molar-refractivity contribution in [3.05, 3.63) is 75.8 Å². The molecule has 0 heterocycles. The Morgan fingerprint density at radius 1 is 0.857 bits per heavy atom. The van der Waals surface area contributed by atoms with E-state index < -0.39 is 0 Å². The molecule has 0 saturated carbocycles. The van der Waals surface area contributed by atoms with E-state index in [4.69, 9.17) is 0 Å². The lowest BCUT2D eigenvalue weighted by Gasteiger charge is -2.13. The zero-order valence-corrected chi connectivity index (χ0v) is 13.9. The highest BCUT2D eigenvalue weighted by Gasteiger charge is 2.05. The summed E-state index contributed by atoms with van der Waals surface area (Å²) < 4.78 is 1.13. The molecule has 0 aliphatic carbocycles. The molecule has 0 fully saturated rings. The Labute approximate surface area is 134 Å². The van der Waals surface area contributed by atoms with Gasteiger partial charge in [-0.3, -0.25) is 0 Å². The van der Waals surface area contributed by atoms with E-state index >= 15 is 0 Å². The second-order valence-corrected chi connectivity index (χ2v) is 6.21. The molecule has 3 aromatic rings. The molecule has 21 heavy (non-hydrogen) atoms. The van der Waals surface area contributed by atoms with Crippen molar-refractivity contribution in [3.8, 4) is 0 Å². The molecule has 106 valence electrons. The number of anilines is 1. The van der Waals surface area contributed by atoms with Crippen LogP contribution in [0, 0.1) is 13.8 Å². The summed E-state index contributed by atoms with van der Waals surface area (Å²) in [6, 6.07) is 19.2. The quantitative estimate of drug-likeness (QED) is 0.632. The van der Waals surface area contributed by atoms with Crippen LogP contribution in [-0.2, 0) is 6.54 Å². The predicted octanol–water partition coefficient (Wildman–Crippen LogP) is 5.83. The van der Waals surface area contributed by atoms with Crippen LogP contribution < -0.4 is 5.32 Å². The van der Waals surface area contributed by atoms with Gasteiger partial charge in [0.15, 0.2) is 0 Å². The average molecular weight is 340 g/mol. The molecular formula is C19H18BrN. The summed E-state index contributed by atoms with van der Waals surface area (Å²) in [7, 11) is 0. The number of hydrogen-bond donors (Lipinski definition) is 1. The Bertz CT molecular complexity index is 793. The fourth-order valence-electron chi connectivity index (χ4n) is 2.61. The smallest absolute Gasteiger partial charge is 0.0423 e. The summed E-state index contributed by atoms with van der Waals surface area (Å²) in [4.78, 5) is 0. The number of rotatable bonds is 3. The maximum Gasteiger partial charge on any atom is 0.0423 e. The van der Waals surface area contributed by atoms with Gasteiger partial charge in [0.25, 0.3) is 0 Å². The number of halogens is 1. The maximum absolute atomic E-state index is 3.62. The van der Waals surface area contributed by atoms with Gasteiger partial charge < -0.3 is 5.32 Å². The Hall–Kier alpha value is -1.80. The summed E-state index contributed by atoms with van der Waals surface area (Å²) in [6.45, 7) is 5.19. The normalized spacial score (nSPS) is 10.8. The molecule has 3 aromatic carbocycles. The third-order valence-electron chi connectivity index (χ3n) is 4.06. The van der Waals surface area contributed by atoms with E-state index in [2.05, 4.69) is 89.7 Å². The van der Waals surface area contributed by atoms with Gasteiger partial charge in [-0.05, 0) is 48.1 Å². The van der Waals surface area contributed by atoms with E-state index in [-0.39, 0.29) is 0 Å². The van der Waals surface area contributed by atoms with Crippen LogP contribution in [0.25, 0.3) is 10.8 Å². The standard InChI is InChI=1S/C19H18BrN/c1-13-6-5-7-15(14(13)2)12-21-19-11-10-18(20)16-8-3-4-9-17(16)19/h3-11,21H,12H2,1-2H3. The molecule has 0 amide bonds. The van der Waals surface area contributed by atoms with Gasteiger partial charge in [0, 0.05) is 22.1 Å². The molecule has 2 heteroatoms. The molecular weight excluding hydrogens is 322 g/mol. The van der Waals surface area contributed by atoms with Crippen molar-refractivity contribution in [2.45, 2.75) is 20.4 Å². The zero-order valence-electron chi connectivity index (χ0n) is 12.3. The fraction of sp³-hybridized carbons (Fsp3) is 0.158. The average Bonchev–Trinajstić information content (AvgIpc) is 2.51. The largest absolute Gasteiger partial charge is 0.380 e. The van der Waals surface area contributed by atoms with Crippen LogP contribution in [0.5, 0.6) is 0 Å². The van der Waals surface area contributed by atoms with E-state index in [1.165, 1.54) is 33.2 Å². The first-order valence-corrected chi connectivity index (χ1v) is 7.92. The first-order chi connectivity index (χ1) is 10.2. The van der Waals surface area contributed by atoms with Gasteiger partial charge in [0.1, 0.15) is 0 Å². The van der Waals surface area contributed by atoms with Crippen molar-refractivity contribution < 1.29 is 0 Å². The summed E-state index contributed by atoms with van der Waals surface area (Å²) in [6.07, 6.45) is 0. The van der Waals surface area contributed by atoms with Gasteiger partial charge in [0.2, 0.25) is 0 Å². The second kappa shape index (κ2) is 5.90. The van der Waals surface area contributed by atoms with Crippen LogP contribution in [0.15, 0.2) is 59.1 Å². The maximum atomic E-state index is 3.62. The molecule has 0 radical (unpaired) electrons. The molecule has 0 spiro atoms. The third kappa shape index (κ3) is 2.81. The molecule has 0 unspecified atom stereocenters. The third-order valence-corrected chi connectivity index (χ3v) is 4.75. The molecule has 0 saturated heterocycles. The number of aryl methyl sites for hydroxylation is 1. The topological polar surface area (TPSA) is 12.0 Å². The predicted molar refractivity (Wildman–Crippen MR) is 94.9 cm³/mol. The number of fused-ring (bicyclic) bond motifs is 1. The van der Waals surface area contributed by atoms with E-state index in [0.717, 1.165) is 11.0 Å². The lowest BCUT2D eigenvalue weighted by Crippen LogP contribution is -2.02. The van der Waals surface area contributed by atoms with Crippen molar-refractivity contribution in [3.63, 3.8) is 0 Å². The number of benzene rings is 3. The summed E-state index contributed by atoms with van der Waals surface area (Å²) >= 11 is 3.62. The van der Waals surface area contributed by atoms with Crippen molar-refractivity contribution in [2.24, 2.45) is 0 Å². The van der Waals surface area contributed by atoms with Crippen LogP contribution in [0.3, 0.4) is 0 Å². The van der Waals surface area contributed by atoms with Gasteiger partial charge in [-0.1, -0.05) is 58.4 Å². The summed E-state index contributed by atoms with van der Waals surface area (Å²) in [5.41, 5.74) is 5.23. The second-order valence-electron chi connectivity index (χ2n) is 5.35. The van der Waals surface area contributed by atoms with Crippen LogP contribution in [0.4, 0.5) is 5.69 Å². The Kier molecular flexibility index (Phi) is 3.98. The van der Waals surface area contributed by atoms with E-state index in [1.807, 2.05) is 0 Å². The monoisotopic (exact) mass is 339 g/mol. The lowest BCUT2D eigenvalue weighted by atomic mass is 10.0. The summed E-state index contributed by atoms with van der Waals surface area (Å²) in [5, 5.41) is 6.07. The zero-order chi connectivity index (χ0) is 14.8. The highest BCUT2D eigenvalue weighted by atomic mass is 79.9. The minimum Gasteiger partial charge on any atom is -0.380 e. The molecule has 1 nitrogen and oxygen atoms in total. The molecule has 0 atom stereocenters. The molecule has 0 bridgehead atoms. The van der Waals surface area contributed by atoms with Gasteiger partial charge in [-0.15, -0.1) is 0 Å². The highest BCUT2D eigenvalue weighted by molar-refractivity contribution is 9.10. The molecule has 0 aliphatic rings. The van der Waals surface area contributed by atoms with E-state index in [9.17, 15) is 0 Å². The Morgan fingerprint density at radius 2 is 1.62 bits per heavy atom. The van der Waals surface area contributed by atoms with Crippen LogP contribution >= 0.6 is 15.9 Å². The fourth-order valence-corrected chi connectivity index (χ4v) is 3.09. The first kappa shape index (κ1) is 14.2.